The number of fused-ring (bicyclic) bond motifs is 1. The van der Waals surface area contributed by atoms with Crippen molar-refractivity contribution in [3.05, 3.63) is 46.8 Å². The van der Waals surface area contributed by atoms with Crippen LogP contribution in [0.2, 0.25) is 0 Å². The number of hydrogen-bond donors (Lipinski definition) is 2. The SMILES string of the molecule is CN(C)C1=CCC2=C(N)C=C(N)OC2=C1. The molecule has 0 spiro atoms. The first-order chi connectivity index (χ1) is 7.08. The Morgan fingerprint density at radius 3 is 2.67 bits per heavy atom. The molecule has 0 bridgehead atoms. The first-order valence-corrected chi connectivity index (χ1v) is 4.81. The Balaban J connectivity index is 2.37. The fourth-order valence-corrected chi connectivity index (χ4v) is 1.65. The van der Waals surface area contributed by atoms with E-state index < -0.39 is 0 Å². The average molecular weight is 205 g/mol. The van der Waals surface area contributed by atoms with Crippen LogP contribution in [0.15, 0.2) is 46.8 Å². The Hall–Kier alpha value is -1.84. The third kappa shape index (κ3) is 1.70. The molecule has 0 amide bonds. The van der Waals surface area contributed by atoms with Gasteiger partial charge in [0.25, 0.3) is 0 Å². The molecule has 2 rings (SSSR count). The van der Waals surface area contributed by atoms with Crippen molar-refractivity contribution < 1.29 is 4.74 Å². The summed E-state index contributed by atoms with van der Waals surface area (Å²) in [6.07, 6.45) is 6.51. The zero-order chi connectivity index (χ0) is 11.0. The molecule has 2 aliphatic rings. The van der Waals surface area contributed by atoms with Gasteiger partial charge in [-0.3, -0.25) is 0 Å². The second-order valence-corrected chi connectivity index (χ2v) is 3.82. The van der Waals surface area contributed by atoms with Gasteiger partial charge in [0.1, 0.15) is 5.76 Å². The van der Waals surface area contributed by atoms with Crippen molar-refractivity contribution in [2.45, 2.75) is 6.42 Å². The molecule has 0 aromatic heterocycles. The molecule has 0 unspecified atom stereocenters. The van der Waals surface area contributed by atoms with Crippen molar-refractivity contribution in [3.8, 4) is 0 Å². The zero-order valence-corrected chi connectivity index (χ0v) is 8.95. The van der Waals surface area contributed by atoms with E-state index in [0.717, 1.165) is 23.5 Å². The number of nitrogens with zero attached hydrogens (tertiary/aromatic N) is 1. The summed E-state index contributed by atoms with van der Waals surface area (Å²) in [5.41, 5.74) is 14.3. The molecule has 0 atom stereocenters. The Morgan fingerprint density at radius 2 is 2.00 bits per heavy atom. The molecule has 0 aromatic rings. The van der Waals surface area contributed by atoms with Gasteiger partial charge < -0.3 is 21.1 Å². The third-order valence-corrected chi connectivity index (χ3v) is 2.48. The van der Waals surface area contributed by atoms with Crippen molar-refractivity contribution in [1.82, 2.24) is 4.90 Å². The van der Waals surface area contributed by atoms with Crippen LogP contribution >= 0.6 is 0 Å². The van der Waals surface area contributed by atoms with Crippen molar-refractivity contribution in [3.63, 3.8) is 0 Å². The summed E-state index contributed by atoms with van der Waals surface area (Å²) < 4.78 is 5.44. The van der Waals surface area contributed by atoms with Crippen molar-refractivity contribution >= 4 is 0 Å². The molecule has 4 nitrogen and oxygen atoms in total. The lowest BCUT2D eigenvalue weighted by Gasteiger charge is -2.25. The highest BCUT2D eigenvalue weighted by atomic mass is 16.5. The lowest BCUT2D eigenvalue weighted by Crippen LogP contribution is -2.19. The van der Waals surface area contributed by atoms with Crippen molar-refractivity contribution in [1.29, 1.82) is 0 Å². The second kappa shape index (κ2) is 3.38. The minimum Gasteiger partial charge on any atom is -0.441 e. The number of hydrogen-bond acceptors (Lipinski definition) is 4. The van der Waals surface area contributed by atoms with Crippen LogP contribution in [0.4, 0.5) is 0 Å². The van der Waals surface area contributed by atoms with Crippen LogP contribution < -0.4 is 11.5 Å². The van der Waals surface area contributed by atoms with Crippen LogP contribution in [0.3, 0.4) is 0 Å². The predicted molar refractivity (Wildman–Crippen MR) is 59.0 cm³/mol. The number of ether oxygens (including phenoxy) is 1. The van der Waals surface area contributed by atoms with Gasteiger partial charge in [-0.2, -0.15) is 0 Å². The minimum absolute atomic E-state index is 0.350. The van der Waals surface area contributed by atoms with Gasteiger partial charge in [0.2, 0.25) is 0 Å². The highest BCUT2D eigenvalue weighted by molar-refractivity contribution is 5.47. The van der Waals surface area contributed by atoms with Crippen LogP contribution in [0.1, 0.15) is 6.42 Å². The normalized spacial score (nSPS) is 19.7. The zero-order valence-electron chi connectivity index (χ0n) is 8.95. The Bertz CT molecular complexity index is 414. The van der Waals surface area contributed by atoms with E-state index in [-0.39, 0.29) is 0 Å². The Labute approximate surface area is 89.2 Å². The summed E-state index contributed by atoms with van der Waals surface area (Å²) in [6.45, 7) is 0. The van der Waals surface area contributed by atoms with Crippen LogP contribution in [-0.2, 0) is 4.74 Å². The number of allylic oxidation sites excluding steroid dienone is 4. The van der Waals surface area contributed by atoms with Crippen LogP contribution in [-0.4, -0.2) is 19.0 Å². The largest absolute Gasteiger partial charge is 0.441 e. The van der Waals surface area contributed by atoms with E-state index in [4.69, 9.17) is 16.2 Å². The Morgan fingerprint density at radius 1 is 1.27 bits per heavy atom. The van der Waals surface area contributed by atoms with Crippen LogP contribution in [0.5, 0.6) is 0 Å². The monoisotopic (exact) mass is 205 g/mol. The standard InChI is InChI=1S/C11H15N3O/c1-14(2)7-3-4-8-9(12)6-11(13)15-10(8)5-7/h3,5-6H,4,12-13H2,1-2H3. The molecule has 15 heavy (non-hydrogen) atoms. The lowest BCUT2D eigenvalue weighted by atomic mass is 10.00. The van der Waals surface area contributed by atoms with E-state index in [1.54, 1.807) is 6.08 Å². The molecule has 1 aliphatic carbocycles. The van der Waals surface area contributed by atoms with E-state index >= 15 is 0 Å². The van der Waals surface area contributed by atoms with Gasteiger partial charge in [-0.05, 0) is 6.42 Å². The smallest absolute Gasteiger partial charge is 0.192 e. The van der Waals surface area contributed by atoms with E-state index in [1.807, 2.05) is 25.1 Å². The second-order valence-electron chi connectivity index (χ2n) is 3.82. The summed E-state index contributed by atoms with van der Waals surface area (Å²) in [5.74, 6) is 1.11. The summed E-state index contributed by atoms with van der Waals surface area (Å²) in [5, 5.41) is 0. The maximum atomic E-state index is 5.86. The van der Waals surface area contributed by atoms with Crippen LogP contribution in [0, 0.1) is 0 Å². The van der Waals surface area contributed by atoms with E-state index in [0.29, 0.717) is 11.6 Å². The maximum absolute atomic E-state index is 5.86. The molecule has 0 fully saturated rings. The summed E-state index contributed by atoms with van der Waals surface area (Å²) >= 11 is 0. The van der Waals surface area contributed by atoms with E-state index in [9.17, 15) is 0 Å². The molecule has 0 radical (unpaired) electrons. The molecule has 80 valence electrons. The number of likely N-dealkylation sites (N-methyl/N-ethyl adjacent to an activating group) is 1. The summed E-state index contributed by atoms with van der Waals surface area (Å²) in [7, 11) is 3.98. The molecule has 4 N–H and O–H groups in total. The van der Waals surface area contributed by atoms with Gasteiger partial charge in [0.15, 0.2) is 5.88 Å². The van der Waals surface area contributed by atoms with E-state index in [1.165, 1.54) is 0 Å². The topological polar surface area (TPSA) is 64.5 Å². The molecule has 0 saturated carbocycles. The fourth-order valence-electron chi connectivity index (χ4n) is 1.65. The van der Waals surface area contributed by atoms with Gasteiger partial charge in [-0.15, -0.1) is 0 Å². The summed E-state index contributed by atoms with van der Waals surface area (Å²) in [4.78, 5) is 2.03. The number of nitrogens with two attached hydrogens (primary N) is 2. The van der Waals surface area contributed by atoms with Gasteiger partial charge in [0, 0.05) is 43.2 Å². The molecular formula is C11H15N3O. The van der Waals surface area contributed by atoms with Gasteiger partial charge in [-0.25, -0.2) is 0 Å². The van der Waals surface area contributed by atoms with Crippen molar-refractivity contribution in [2.24, 2.45) is 11.5 Å². The molecule has 1 aliphatic heterocycles. The summed E-state index contributed by atoms with van der Waals surface area (Å²) in [6, 6.07) is 0. The molecule has 1 heterocycles. The maximum Gasteiger partial charge on any atom is 0.192 e. The molecule has 4 heteroatoms. The highest BCUT2D eigenvalue weighted by Crippen LogP contribution is 2.30. The van der Waals surface area contributed by atoms with Crippen LogP contribution in [0.25, 0.3) is 0 Å². The predicted octanol–water partition coefficient (Wildman–Crippen LogP) is 0.763. The van der Waals surface area contributed by atoms with Gasteiger partial charge in [0.05, 0.1) is 0 Å². The first-order valence-electron chi connectivity index (χ1n) is 4.81. The van der Waals surface area contributed by atoms with E-state index in [2.05, 4.69) is 6.08 Å². The third-order valence-electron chi connectivity index (χ3n) is 2.48. The van der Waals surface area contributed by atoms with Gasteiger partial charge in [-0.1, -0.05) is 6.08 Å². The Kier molecular flexibility index (Phi) is 2.19. The fraction of sp³-hybridized carbons (Fsp3) is 0.273. The molecule has 0 saturated heterocycles. The van der Waals surface area contributed by atoms with Gasteiger partial charge >= 0.3 is 0 Å². The highest BCUT2D eigenvalue weighted by Gasteiger charge is 2.20. The average Bonchev–Trinajstić information content (AvgIpc) is 2.16. The first kappa shape index (κ1) is 9.71. The number of rotatable bonds is 1. The molecular weight excluding hydrogens is 190 g/mol. The quantitative estimate of drug-likeness (QED) is 0.663. The molecule has 0 aromatic carbocycles. The lowest BCUT2D eigenvalue weighted by molar-refractivity contribution is 0.298. The van der Waals surface area contributed by atoms with Crippen molar-refractivity contribution in [2.75, 3.05) is 14.1 Å². The minimum atomic E-state index is 0.350.